The van der Waals surface area contributed by atoms with E-state index in [0.717, 1.165) is 39.0 Å². The second-order valence-electron chi connectivity index (χ2n) is 4.95. The first kappa shape index (κ1) is 15.8. The molecule has 5 nitrogen and oxygen atoms in total. The molecule has 0 radical (unpaired) electrons. The number of nitrogens with zero attached hydrogens (tertiary/aromatic N) is 1. The van der Waals surface area contributed by atoms with Gasteiger partial charge in [-0.3, -0.25) is 14.5 Å². The fourth-order valence-corrected chi connectivity index (χ4v) is 3.68. The molecule has 1 aromatic heterocycles. The lowest BCUT2D eigenvalue weighted by Crippen LogP contribution is -2.33. The van der Waals surface area contributed by atoms with Crippen molar-refractivity contribution in [1.29, 1.82) is 0 Å². The number of thioether (sulfide) groups is 1. The fourth-order valence-electron chi connectivity index (χ4n) is 2.44. The third-order valence-corrected chi connectivity index (χ3v) is 4.85. The number of carboxylic acid groups (broad SMARTS) is 1. The molecule has 23 heavy (non-hydrogen) atoms. The Balaban J connectivity index is 2.04. The minimum atomic E-state index is -1.09. The number of furan rings is 1. The first-order valence-corrected chi connectivity index (χ1v) is 8.21. The number of hydrogen-bond donors (Lipinski definition) is 1. The van der Waals surface area contributed by atoms with Crippen LogP contribution in [0.3, 0.4) is 0 Å². The van der Waals surface area contributed by atoms with Gasteiger partial charge in [-0.25, -0.2) is 0 Å². The van der Waals surface area contributed by atoms with Gasteiger partial charge in [-0.15, -0.1) is 0 Å². The van der Waals surface area contributed by atoms with Gasteiger partial charge in [0.25, 0.3) is 5.91 Å². The summed E-state index contributed by atoms with van der Waals surface area (Å²) in [6.45, 7) is 1.56. The zero-order chi connectivity index (χ0) is 16.6. The smallest absolute Gasteiger partial charge is 0.323 e. The normalized spacial score (nSPS) is 16.7. The van der Waals surface area contributed by atoms with Crippen molar-refractivity contribution in [3.8, 4) is 0 Å². The summed E-state index contributed by atoms with van der Waals surface area (Å²) in [6, 6.07) is 7.61. The van der Waals surface area contributed by atoms with Crippen molar-refractivity contribution < 1.29 is 19.1 Å². The molecule has 118 valence electrons. The van der Waals surface area contributed by atoms with Gasteiger partial charge in [-0.2, -0.15) is 0 Å². The quantitative estimate of drug-likeness (QED) is 0.676. The van der Waals surface area contributed by atoms with Crippen LogP contribution in [0, 0.1) is 0 Å². The molecule has 0 saturated carbocycles. The van der Waals surface area contributed by atoms with E-state index in [1.165, 1.54) is 0 Å². The van der Waals surface area contributed by atoms with Crippen LogP contribution in [0.1, 0.15) is 18.2 Å². The van der Waals surface area contributed by atoms with Crippen LogP contribution in [0.2, 0.25) is 0 Å². The maximum atomic E-state index is 12.4. The second-order valence-corrected chi connectivity index (χ2v) is 6.63. The molecule has 1 saturated heterocycles. The fraction of sp³-hybridized carbons (Fsp3) is 0.188. The van der Waals surface area contributed by atoms with Gasteiger partial charge in [0.1, 0.15) is 22.2 Å². The van der Waals surface area contributed by atoms with Crippen molar-refractivity contribution in [1.82, 2.24) is 4.90 Å². The Bertz CT molecular complexity index is 853. The van der Waals surface area contributed by atoms with Gasteiger partial charge < -0.3 is 9.52 Å². The van der Waals surface area contributed by atoms with E-state index >= 15 is 0 Å². The summed E-state index contributed by atoms with van der Waals surface area (Å²) in [5.41, 5.74) is 1.61. The number of carbonyl (C=O) groups excluding carboxylic acids is 1. The van der Waals surface area contributed by atoms with Crippen LogP contribution in [0.5, 0.6) is 0 Å². The largest absolute Gasteiger partial charge is 0.480 e. The van der Waals surface area contributed by atoms with E-state index in [1.807, 2.05) is 31.2 Å². The molecule has 0 spiro atoms. The SMILES string of the molecule is CCc1oc2ccccc2c1/C=C1\SC(=S)N(CC(=O)O)C1=O. The highest BCUT2D eigenvalue weighted by Crippen LogP contribution is 2.35. The number of carboxylic acids is 1. The zero-order valence-electron chi connectivity index (χ0n) is 12.2. The van der Waals surface area contributed by atoms with Gasteiger partial charge in [0.05, 0.1) is 4.91 Å². The molecule has 1 aromatic carbocycles. The van der Waals surface area contributed by atoms with Crippen molar-refractivity contribution in [3.05, 3.63) is 40.5 Å². The van der Waals surface area contributed by atoms with E-state index in [9.17, 15) is 9.59 Å². The standard InChI is InChI=1S/C16H13NO4S2/c1-2-11-10(9-5-3-4-6-12(9)21-11)7-13-15(20)17(8-14(18)19)16(22)23-13/h3-7H,2,8H2,1H3,(H,18,19)/b13-7-. The summed E-state index contributed by atoms with van der Waals surface area (Å²) in [7, 11) is 0. The number of aryl methyl sites for hydroxylation is 1. The van der Waals surface area contributed by atoms with Crippen molar-refractivity contribution in [2.24, 2.45) is 0 Å². The minimum Gasteiger partial charge on any atom is -0.480 e. The molecule has 1 aliphatic heterocycles. The number of hydrogen-bond acceptors (Lipinski definition) is 5. The van der Waals surface area contributed by atoms with Crippen LogP contribution >= 0.6 is 24.0 Å². The number of carbonyl (C=O) groups is 2. The highest BCUT2D eigenvalue weighted by atomic mass is 32.2. The lowest BCUT2D eigenvalue weighted by Gasteiger charge is -2.10. The average molecular weight is 347 g/mol. The average Bonchev–Trinajstić information content (AvgIpc) is 3.00. The lowest BCUT2D eigenvalue weighted by atomic mass is 10.1. The first-order chi connectivity index (χ1) is 11.0. The van der Waals surface area contributed by atoms with Gasteiger partial charge in [0, 0.05) is 17.4 Å². The van der Waals surface area contributed by atoms with Gasteiger partial charge in [-0.05, 0) is 12.1 Å². The molecule has 0 atom stereocenters. The van der Waals surface area contributed by atoms with Crippen molar-refractivity contribution in [3.63, 3.8) is 0 Å². The predicted molar refractivity (Wildman–Crippen MR) is 93.1 cm³/mol. The Morgan fingerprint density at radius 2 is 2.17 bits per heavy atom. The summed E-state index contributed by atoms with van der Waals surface area (Å²) in [6.07, 6.45) is 2.43. The van der Waals surface area contributed by atoms with Crippen LogP contribution in [0.15, 0.2) is 33.6 Å². The van der Waals surface area contributed by atoms with Gasteiger partial charge in [-0.1, -0.05) is 49.1 Å². The van der Waals surface area contributed by atoms with Crippen molar-refractivity contribution in [2.75, 3.05) is 6.54 Å². The minimum absolute atomic E-state index is 0.259. The molecule has 0 aliphatic carbocycles. The molecule has 1 aliphatic rings. The number of benzene rings is 1. The number of rotatable bonds is 4. The molecular weight excluding hydrogens is 334 g/mol. The Labute approximate surface area is 141 Å². The molecular formula is C16H13NO4S2. The highest BCUT2D eigenvalue weighted by Gasteiger charge is 2.33. The van der Waals surface area contributed by atoms with Gasteiger partial charge >= 0.3 is 5.97 Å². The molecule has 1 amide bonds. The first-order valence-electron chi connectivity index (χ1n) is 6.98. The Morgan fingerprint density at radius 3 is 2.87 bits per heavy atom. The van der Waals surface area contributed by atoms with Crippen LogP contribution < -0.4 is 0 Å². The molecule has 2 heterocycles. The summed E-state index contributed by atoms with van der Waals surface area (Å²) < 4.78 is 6.07. The van der Waals surface area contributed by atoms with Crippen LogP contribution in [0.4, 0.5) is 0 Å². The van der Waals surface area contributed by atoms with E-state index in [4.69, 9.17) is 21.7 Å². The van der Waals surface area contributed by atoms with Crippen LogP contribution in [0.25, 0.3) is 17.0 Å². The lowest BCUT2D eigenvalue weighted by molar-refractivity contribution is -0.140. The second kappa shape index (κ2) is 6.17. The predicted octanol–water partition coefficient (Wildman–Crippen LogP) is 3.28. The van der Waals surface area contributed by atoms with E-state index in [0.29, 0.717) is 11.3 Å². The van der Waals surface area contributed by atoms with Crippen molar-refractivity contribution in [2.45, 2.75) is 13.3 Å². The molecule has 1 fully saturated rings. The maximum Gasteiger partial charge on any atom is 0.323 e. The van der Waals surface area contributed by atoms with E-state index in [-0.39, 0.29) is 10.2 Å². The molecule has 2 aromatic rings. The Morgan fingerprint density at radius 1 is 1.43 bits per heavy atom. The number of para-hydroxylation sites is 1. The number of fused-ring (bicyclic) bond motifs is 1. The third kappa shape index (κ3) is 2.89. The molecule has 0 bridgehead atoms. The third-order valence-electron chi connectivity index (χ3n) is 3.47. The van der Waals surface area contributed by atoms with E-state index in [2.05, 4.69) is 0 Å². The summed E-state index contributed by atoms with van der Waals surface area (Å²) >= 11 is 6.22. The Kier molecular flexibility index (Phi) is 4.23. The maximum absolute atomic E-state index is 12.4. The van der Waals surface area contributed by atoms with Gasteiger partial charge in [0.2, 0.25) is 0 Å². The summed E-state index contributed by atoms with van der Waals surface area (Å²) in [5, 5.41) is 9.80. The molecule has 3 rings (SSSR count). The molecule has 0 unspecified atom stereocenters. The Hall–Kier alpha value is -2.12. The molecule has 7 heteroatoms. The van der Waals surface area contributed by atoms with Crippen LogP contribution in [-0.2, 0) is 16.0 Å². The van der Waals surface area contributed by atoms with E-state index in [1.54, 1.807) is 6.08 Å². The highest BCUT2D eigenvalue weighted by molar-refractivity contribution is 8.26. The van der Waals surface area contributed by atoms with Gasteiger partial charge in [0.15, 0.2) is 0 Å². The monoisotopic (exact) mass is 347 g/mol. The van der Waals surface area contributed by atoms with Crippen LogP contribution in [-0.4, -0.2) is 32.7 Å². The number of amides is 1. The zero-order valence-corrected chi connectivity index (χ0v) is 13.9. The summed E-state index contributed by atoms with van der Waals surface area (Å²) in [5.74, 6) is -0.685. The number of thiocarbonyl (C=S) groups is 1. The molecule has 1 N–H and O–H groups in total. The summed E-state index contributed by atoms with van der Waals surface area (Å²) in [4.78, 5) is 24.7. The number of aliphatic carboxylic acids is 1. The van der Waals surface area contributed by atoms with Crippen molar-refractivity contribution >= 4 is 57.2 Å². The topological polar surface area (TPSA) is 70.8 Å². The van der Waals surface area contributed by atoms with E-state index < -0.39 is 12.5 Å².